The number of hydrogen-bond acceptors (Lipinski definition) is 10. The largest absolute Gasteiger partial charge is 0.490 e. The number of H-pyrrole nitrogens is 1. The number of rotatable bonds is 10. The van der Waals surface area contributed by atoms with E-state index < -0.39 is 0 Å². The van der Waals surface area contributed by atoms with Crippen molar-refractivity contribution in [1.29, 1.82) is 5.26 Å². The number of aliphatic hydroxyl groups excluding tert-OH is 1. The molecule has 1 aromatic carbocycles. The van der Waals surface area contributed by atoms with E-state index >= 15 is 0 Å². The summed E-state index contributed by atoms with van der Waals surface area (Å²) in [5.74, 6) is 1.30. The quantitative estimate of drug-likeness (QED) is 0.224. The molecule has 3 N–H and O–H groups in total. The van der Waals surface area contributed by atoms with E-state index in [4.69, 9.17) is 14.5 Å². The van der Waals surface area contributed by atoms with Crippen LogP contribution in [0.15, 0.2) is 48.9 Å². The van der Waals surface area contributed by atoms with Crippen LogP contribution in [0.3, 0.4) is 0 Å². The van der Waals surface area contributed by atoms with Gasteiger partial charge in [0.05, 0.1) is 53.1 Å². The third-order valence-corrected chi connectivity index (χ3v) is 7.49. The summed E-state index contributed by atoms with van der Waals surface area (Å²) in [6.07, 6.45) is 3.92. The molecule has 12 nitrogen and oxygen atoms in total. The molecule has 0 spiro atoms. The molecule has 4 aromatic heterocycles. The predicted octanol–water partition coefficient (Wildman–Crippen LogP) is 3.68. The number of morpholine rings is 1. The summed E-state index contributed by atoms with van der Waals surface area (Å²) in [6, 6.07) is 13.8. The van der Waals surface area contributed by atoms with Crippen molar-refractivity contribution in [3.8, 4) is 28.9 Å². The lowest BCUT2D eigenvalue weighted by Crippen LogP contribution is -2.38. The van der Waals surface area contributed by atoms with Crippen molar-refractivity contribution < 1.29 is 14.6 Å². The number of nitrogens with zero attached hydrogens (tertiary/aromatic N) is 7. The molecular weight excluding hydrogens is 546 g/mol. The highest BCUT2D eigenvalue weighted by atomic mass is 16.5. The Kier molecular flexibility index (Phi) is 8.28. The average molecular weight is 580 g/mol. The van der Waals surface area contributed by atoms with Crippen molar-refractivity contribution in [1.82, 2.24) is 34.6 Å². The van der Waals surface area contributed by atoms with Crippen LogP contribution in [0.4, 0.5) is 11.4 Å². The lowest BCUT2D eigenvalue weighted by Gasteiger charge is -2.26. The van der Waals surface area contributed by atoms with E-state index in [9.17, 15) is 10.4 Å². The van der Waals surface area contributed by atoms with Crippen LogP contribution in [-0.4, -0.2) is 85.8 Å². The standard InChI is InChI=1S/C31H33N9O3/c1-20-3-5-23(18-33-20)35-25-15-27-24(16-28(25)43-14-10-39-8-12-42-13-9-39)34-19-40(27)29-6-4-22(7-11-41)31(36-29)30-21(2)37-38-26(30)17-32/h3-6,15-16,18-19,35,41H,7-14H2,1-2H3,(H,37,38). The minimum absolute atomic E-state index is 0.0436. The van der Waals surface area contributed by atoms with E-state index in [0.717, 1.165) is 72.2 Å². The van der Waals surface area contributed by atoms with Gasteiger partial charge in [-0.3, -0.25) is 19.5 Å². The number of hydrogen-bond donors (Lipinski definition) is 3. The highest BCUT2D eigenvalue weighted by Crippen LogP contribution is 2.34. The van der Waals surface area contributed by atoms with Gasteiger partial charge in [-0.2, -0.15) is 10.4 Å². The third-order valence-electron chi connectivity index (χ3n) is 7.49. The van der Waals surface area contributed by atoms with Gasteiger partial charge in [-0.1, -0.05) is 6.07 Å². The summed E-state index contributed by atoms with van der Waals surface area (Å²) in [7, 11) is 0. The van der Waals surface area contributed by atoms with E-state index in [-0.39, 0.29) is 12.3 Å². The summed E-state index contributed by atoms with van der Waals surface area (Å²) in [4.78, 5) is 16.4. The molecule has 0 atom stereocenters. The first-order valence-electron chi connectivity index (χ1n) is 14.2. The van der Waals surface area contributed by atoms with Gasteiger partial charge >= 0.3 is 0 Å². The molecule has 0 amide bonds. The number of aromatic nitrogens is 6. The first-order chi connectivity index (χ1) is 21.0. The fourth-order valence-corrected chi connectivity index (χ4v) is 5.19. The van der Waals surface area contributed by atoms with Crippen molar-refractivity contribution in [2.45, 2.75) is 20.3 Å². The van der Waals surface area contributed by atoms with Crippen molar-refractivity contribution in [3.05, 3.63) is 71.6 Å². The molecule has 1 saturated heterocycles. The number of benzene rings is 1. The maximum absolute atomic E-state index is 9.70. The van der Waals surface area contributed by atoms with Crippen LogP contribution in [0, 0.1) is 25.2 Å². The molecule has 1 aliphatic heterocycles. The first-order valence-corrected chi connectivity index (χ1v) is 14.2. The molecule has 0 saturated carbocycles. The number of aliphatic hydroxyl groups is 1. The normalized spacial score (nSPS) is 13.7. The Balaban J connectivity index is 1.39. The molecule has 5 heterocycles. The molecule has 1 fully saturated rings. The Morgan fingerprint density at radius 3 is 2.77 bits per heavy atom. The summed E-state index contributed by atoms with van der Waals surface area (Å²) in [5, 5.41) is 29.9. The number of fused-ring (bicyclic) bond motifs is 1. The summed E-state index contributed by atoms with van der Waals surface area (Å²) >= 11 is 0. The zero-order chi connectivity index (χ0) is 29.8. The second-order valence-electron chi connectivity index (χ2n) is 10.4. The topological polar surface area (TPSA) is 150 Å². The van der Waals surface area contributed by atoms with Gasteiger partial charge in [0.15, 0.2) is 5.69 Å². The Morgan fingerprint density at radius 1 is 1.14 bits per heavy atom. The van der Waals surface area contributed by atoms with Crippen LogP contribution in [0.25, 0.3) is 28.1 Å². The molecular formula is C31H33N9O3. The second kappa shape index (κ2) is 12.6. The van der Waals surface area contributed by atoms with Gasteiger partial charge in [0.2, 0.25) is 0 Å². The van der Waals surface area contributed by atoms with Crippen LogP contribution in [0.5, 0.6) is 5.75 Å². The van der Waals surface area contributed by atoms with Crippen LogP contribution in [-0.2, 0) is 11.2 Å². The Labute approximate surface area is 248 Å². The molecule has 12 heteroatoms. The number of nitriles is 1. The number of imidazole rings is 1. The minimum Gasteiger partial charge on any atom is -0.490 e. The second-order valence-corrected chi connectivity index (χ2v) is 10.4. The molecule has 0 bridgehead atoms. The molecule has 6 rings (SSSR count). The lowest BCUT2D eigenvalue weighted by atomic mass is 10.0. The van der Waals surface area contributed by atoms with Gasteiger partial charge in [0.1, 0.15) is 30.6 Å². The summed E-state index contributed by atoms with van der Waals surface area (Å²) in [5.41, 5.74) is 7.14. The van der Waals surface area contributed by atoms with Crippen molar-refractivity contribution in [2.24, 2.45) is 0 Å². The molecule has 43 heavy (non-hydrogen) atoms. The molecule has 1 aliphatic rings. The van der Waals surface area contributed by atoms with Crippen molar-refractivity contribution in [2.75, 3.05) is 51.4 Å². The number of aryl methyl sites for hydroxylation is 2. The SMILES string of the molecule is Cc1ccc(Nc2cc3c(cc2OCCN2CCOCC2)ncn3-c2ccc(CCO)c(-c3c(C#N)n[nH]c3C)n2)cn1. The number of pyridine rings is 2. The van der Waals surface area contributed by atoms with Gasteiger partial charge in [-0.15, -0.1) is 0 Å². The summed E-state index contributed by atoms with van der Waals surface area (Å²) < 4.78 is 13.7. The molecule has 5 aromatic rings. The first kappa shape index (κ1) is 28.3. The zero-order valence-electron chi connectivity index (χ0n) is 24.2. The average Bonchev–Trinajstić information content (AvgIpc) is 3.61. The highest BCUT2D eigenvalue weighted by molar-refractivity contribution is 5.86. The number of anilines is 2. The summed E-state index contributed by atoms with van der Waals surface area (Å²) in [6.45, 7) is 8.36. The Bertz CT molecular complexity index is 1770. The van der Waals surface area contributed by atoms with Crippen molar-refractivity contribution in [3.63, 3.8) is 0 Å². The molecule has 220 valence electrons. The van der Waals surface area contributed by atoms with Gasteiger partial charge in [0, 0.05) is 43.7 Å². The third kappa shape index (κ3) is 6.05. The number of nitrogens with one attached hydrogen (secondary N) is 2. The monoisotopic (exact) mass is 579 g/mol. The maximum atomic E-state index is 9.70. The van der Waals surface area contributed by atoms with Crippen LogP contribution in [0.1, 0.15) is 22.6 Å². The van der Waals surface area contributed by atoms with Gasteiger partial charge in [-0.25, -0.2) is 9.97 Å². The molecule has 0 radical (unpaired) electrons. The lowest BCUT2D eigenvalue weighted by molar-refractivity contribution is 0.0323. The van der Waals surface area contributed by atoms with Crippen LogP contribution < -0.4 is 10.1 Å². The highest BCUT2D eigenvalue weighted by Gasteiger charge is 2.20. The van der Waals surface area contributed by atoms with E-state index in [1.54, 1.807) is 12.5 Å². The number of aromatic amines is 1. The van der Waals surface area contributed by atoms with Crippen LogP contribution in [0.2, 0.25) is 0 Å². The van der Waals surface area contributed by atoms with E-state index in [2.05, 4.69) is 36.5 Å². The van der Waals surface area contributed by atoms with Gasteiger partial charge < -0.3 is 19.9 Å². The molecule has 0 unspecified atom stereocenters. The van der Waals surface area contributed by atoms with E-state index in [0.29, 0.717) is 35.9 Å². The fraction of sp³-hybridized carbons (Fsp3) is 0.323. The van der Waals surface area contributed by atoms with Gasteiger partial charge in [0.25, 0.3) is 0 Å². The van der Waals surface area contributed by atoms with Crippen molar-refractivity contribution >= 4 is 22.4 Å². The smallest absolute Gasteiger partial charge is 0.171 e. The molecule has 0 aliphatic carbocycles. The predicted molar refractivity (Wildman–Crippen MR) is 162 cm³/mol. The Morgan fingerprint density at radius 2 is 2.00 bits per heavy atom. The minimum atomic E-state index is -0.0436. The maximum Gasteiger partial charge on any atom is 0.171 e. The van der Waals surface area contributed by atoms with E-state index in [1.807, 2.05) is 54.8 Å². The number of ether oxygens (including phenoxy) is 2. The van der Waals surface area contributed by atoms with Crippen LogP contribution >= 0.6 is 0 Å². The Hall–Kier alpha value is -4.83. The van der Waals surface area contributed by atoms with E-state index in [1.165, 1.54) is 0 Å². The zero-order valence-corrected chi connectivity index (χ0v) is 24.2. The fourth-order valence-electron chi connectivity index (χ4n) is 5.19. The van der Waals surface area contributed by atoms with Gasteiger partial charge in [-0.05, 0) is 50.1 Å².